The summed E-state index contributed by atoms with van der Waals surface area (Å²) in [5.74, 6) is -1.33. The first kappa shape index (κ1) is 15.2. The molecule has 0 saturated carbocycles. The number of hydrogen-bond donors (Lipinski definition) is 0. The number of nitro groups is 1. The molecule has 0 bridgehead atoms. The molecule has 0 aliphatic heterocycles. The van der Waals surface area contributed by atoms with E-state index in [0.717, 1.165) is 6.07 Å². The van der Waals surface area contributed by atoms with Gasteiger partial charge in [-0.2, -0.15) is 5.26 Å². The van der Waals surface area contributed by atoms with Crippen LogP contribution in [0.3, 0.4) is 0 Å². The Kier molecular flexibility index (Phi) is 4.49. The molecular formula is C16H12N2O4. The van der Waals surface area contributed by atoms with E-state index in [-0.39, 0.29) is 11.3 Å². The van der Waals surface area contributed by atoms with Crippen molar-refractivity contribution in [2.75, 3.05) is 7.11 Å². The summed E-state index contributed by atoms with van der Waals surface area (Å²) in [5.41, 5.74) is 0.913. The van der Waals surface area contributed by atoms with Crippen molar-refractivity contribution < 1.29 is 14.5 Å². The normalized spacial score (nSPS) is 11.3. The minimum atomic E-state index is -0.804. The van der Waals surface area contributed by atoms with Crippen molar-refractivity contribution in [1.29, 1.82) is 5.26 Å². The van der Waals surface area contributed by atoms with E-state index in [1.165, 1.54) is 19.2 Å². The molecular weight excluding hydrogens is 284 g/mol. The molecule has 0 fully saturated rings. The van der Waals surface area contributed by atoms with E-state index in [2.05, 4.69) is 0 Å². The molecule has 0 saturated heterocycles. The Bertz CT molecular complexity index is 750. The monoisotopic (exact) mass is 296 g/mol. The molecule has 0 spiro atoms. The van der Waals surface area contributed by atoms with Gasteiger partial charge in [0.05, 0.1) is 23.7 Å². The number of rotatable bonds is 4. The highest BCUT2D eigenvalue weighted by molar-refractivity contribution is 5.83. The van der Waals surface area contributed by atoms with Crippen molar-refractivity contribution in [3.63, 3.8) is 0 Å². The summed E-state index contributed by atoms with van der Waals surface area (Å²) in [7, 11) is 1.26. The van der Waals surface area contributed by atoms with Gasteiger partial charge in [-0.25, -0.2) is 0 Å². The van der Waals surface area contributed by atoms with Crippen LogP contribution in [0.15, 0.2) is 48.5 Å². The number of nitrogens with zero attached hydrogens (tertiary/aromatic N) is 2. The van der Waals surface area contributed by atoms with Gasteiger partial charge in [0.25, 0.3) is 5.69 Å². The van der Waals surface area contributed by atoms with E-state index in [4.69, 9.17) is 4.74 Å². The zero-order valence-electron chi connectivity index (χ0n) is 11.7. The molecule has 110 valence electrons. The van der Waals surface area contributed by atoms with Gasteiger partial charge >= 0.3 is 5.97 Å². The lowest BCUT2D eigenvalue weighted by atomic mass is 9.88. The van der Waals surface area contributed by atoms with Crippen LogP contribution in [0.2, 0.25) is 0 Å². The Balaban J connectivity index is 2.61. The lowest BCUT2D eigenvalue weighted by Crippen LogP contribution is -2.17. The van der Waals surface area contributed by atoms with Crippen LogP contribution in [-0.2, 0) is 9.53 Å². The quantitative estimate of drug-likeness (QED) is 0.491. The van der Waals surface area contributed by atoms with Crippen molar-refractivity contribution in [2.45, 2.75) is 5.92 Å². The van der Waals surface area contributed by atoms with Gasteiger partial charge in [0, 0.05) is 12.1 Å². The smallest absolute Gasteiger partial charge is 0.317 e. The molecule has 1 unspecified atom stereocenters. The van der Waals surface area contributed by atoms with Crippen LogP contribution in [-0.4, -0.2) is 18.0 Å². The molecule has 1 atom stereocenters. The predicted molar refractivity (Wildman–Crippen MR) is 78.1 cm³/mol. The van der Waals surface area contributed by atoms with Crippen LogP contribution < -0.4 is 0 Å². The van der Waals surface area contributed by atoms with E-state index in [9.17, 15) is 20.2 Å². The fraction of sp³-hybridized carbons (Fsp3) is 0.125. The second-order valence-corrected chi connectivity index (χ2v) is 4.51. The van der Waals surface area contributed by atoms with E-state index < -0.39 is 16.8 Å². The van der Waals surface area contributed by atoms with Gasteiger partial charge in [0.15, 0.2) is 0 Å². The van der Waals surface area contributed by atoms with Crippen LogP contribution in [0, 0.1) is 21.4 Å². The standard InChI is InChI=1S/C16H12N2O4/c1-22-16(19)15(11-5-3-2-4-6-11)14-8-7-13(18(20)21)9-12(14)10-17/h2-9,15H,1H3. The molecule has 2 rings (SSSR count). The van der Waals surface area contributed by atoms with Crippen molar-refractivity contribution in [3.8, 4) is 6.07 Å². The van der Waals surface area contributed by atoms with E-state index in [1.807, 2.05) is 6.07 Å². The number of methoxy groups -OCH3 is 1. The number of non-ortho nitro benzene ring substituents is 1. The average Bonchev–Trinajstić information content (AvgIpc) is 2.55. The van der Waals surface area contributed by atoms with Gasteiger partial charge in [-0.05, 0) is 17.2 Å². The van der Waals surface area contributed by atoms with Gasteiger partial charge in [-0.1, -0.05) is 30.3 Å². The highest BCUT2D eigenvalue weighted by Crippen LogP contribution is 2.30. The molecule has 0 aromatic heterocycles. The van der Waals surface area contributed by atoms with Crippen molar-refractivity contribution in [3.05, 3.63) is 75.3 Å². The van der Waals surface area contributed by atoms with Gasteiger partial charge in [-0.3, -0.25) is 14.9 Å². The predicted octanol–water partition coefficient (Wildman–Crippen LogP) is 2.77. The third-order valence-electron chi connectivity index (χ3n) is 3.25. The highest BCUT2D eigenvalue weighted by atomic mass is 16.6. The molecule has 6 heteroatoms. The lowest BCUT2D eigenvalue weighted by Gasteiger charge is -2.16. The summed E-state index contributed by atoms with van der Waals surface area (Å²) in [4.78, 5) is 22.4. The van der Waals surface area contributed by atoms with Crippen molar-refractivity contribution in [2.24, 2.45) is 0 Å². The fourth-order valence-corrected chi connectivity index (χ4v) is 2.21. The maximum Gasteiger partial charge on any atom is 0.317 e. The molecule has 0 heterocycles. The third kappa shape index (κ3) is 2.94. The number of ether oxygens (including phenoxy) is 1. The largest absolute Gasteiger partial charge is 0.468 e. The molecule has 6 nitrogen and oxygen atoms in total. The van der Waals surface area contributed by atoms with Gasteiger partial charge in [0.1, 0.15) is 5.92 Å². The Labute approximate surface area is 126 Å². The Hall–Kier alpha value is -3.20. The molecule has 2 aromatic carbocycles. The summed E-state index contributed by atoms with van der Waals surface area (Å²) in [6, 6.07) is 14.6. The maximum absolute atomic E-state index is 12.1. The molecule has 0 radical (unpaired) electrons. The zero-order chi connectivity index (χ0) is 16.1. The summed E-state index contributed by atoms with van der Waals surface area (Å²) in [5, 5.41) is 20.1. The molecule has 0 N–H and O–H groups in total. The van der Waals surface area contributed by atoms with Crippen molar-refractivity contribution >= 4 is 11.7 Å². The van der Waals surface area contributed by atoms with Gasteiger partial charge < -0.3 is 4.74 Å². The minimum Gasteiger partial charge on any atom is -0.468 e. The number of nitriles is 1. The molecule has 0 aliphatic carbocycles. The van der Waals surface area contributed by atoms with Crippen LogP contribution >= 0.6 is 0 Å². The second kappa shape index (κ2) is 6.50. The van der Waals surface area contributed by atoms with Gasteiger partial charge in [0.2, 0.25) is 0 Å². The van der Waals surface area contributed by atoms with E-state index in [0.29, 0.717) is 11.1 Å². The molecule has 0 amide bonds. The minimum absolute atomic E-state index is 0.0773. The summed E-state index contributed by atoms with van der Waals surface area (Å²) >= 11 is 0. The maximum atomic E-state index is 12.1. The van der Waals surface area contributed by atoms with Crippen molar-refractivity contribution in [1.82, 2.24) is 0 Å². The third-order valence-corrected chi connectivity index (χ3v) is 3.25. The topological polar surface area (TPSA) is 93.2 Å². The van der Waals surface area contributed by atoms with Crippen LogP contribution in [0.4, 0.5) is 5.69 Å². The lowest BCUT2D eigenvalue weighted by molar-refractivity contribution is -0.384. The Morgan fingerprint density at radius 3 is 2.50 bits per heavy atom. The van der Waals surface area contributed by atoms with E-state index >= 15 is 0 Å². The Morgan fingerprint density at radius 2 is 1.95 bits per heavy atom. The summed E-state index contributed by atoms with van der Waals surface area (Å²) < 4.78 is 4.82. The first-order valence-corrected chi connectivity index (χ1v) is 6.39. The summed E-state index contributed by atoms with van der Waals surface area (Å²) in [6.07, 6.45) is 0. The second-order valence-electron chi connectivity index (χ2n) is 4.51. The number of carbonyl (C=O) groups is 1. The Morgan fingerprint density at radius 1 is 1.27 bits per heavy atom. The van der Waals surface area contributed by atoms with Gasteiger partial charge in [-0.15, -0.1) is 0 Å². The van der Waals surface area contributed by atoms with Crippen LogP contribution in [0.25, 0.3) is 0 Å². The SMILES string of the molecule is COC(=O)C(c1ccccc1)c1ccc([N+](=O)[O-])cc1C#N. The van der Waals surface area contributed by atoms with Crippen LogP contribution in [0.5, 0.6) is 0 Å². The first-order chi connectivity index (χ1) is 10.6. The van der Waals surface area contributed by atoms with Crippen LogP contribution in [0.1, 0.15) is 22.6 Å². The van der Waals surface area contributed by atoms with E-state index in [1.54, 1.807) is 30.3 Å². The first-order valence-electron chi connectivity index (χ1n) is 6.39. The molecule has 22 heavy (non-hydrogen) atoms. The fourth-order valence-electron chi connectivity index (χ4n) is 2.21. The number of esters is 1. The molecule has 0 aliphatic rings. The molecule has 2 aromatic rings. The number of carbonyl (C=O) groups excluding carboxylic acids is 1. The highest BCUT2D eigenvalue weighted by Gasteiger charge is 2.27. The summed E-state index contributed by atoms with van der Waals surface area (Å²) in [6.45, 7) is 0. The number of benzene rings is 2. The average molecular weight is 296 g/mol. The number of hydrogen-bond acceptors (Lipinski definition) is 5. The zero-order valence-corrected chi connectivity index (χ0v) is 11.7. The number of nitro benzene ring substituents is 1.